The molecule has 0 rings (SSSR count). The molecule has 0 aromatic rings. The van der Waals surface area contributed by atoms with Gasteiger partial charge in [-0.25, -0.2) is 0 Å². The minimum atomic E-state index is -0.340. The average Bonchev–Trinajstić information content (AvgIpc) is 2.04. The first-order valence-corrected chi connectivity index (χ1v) is 4.52. The molecule has 13 heavy (non-hydrogen) atoms. The Balaban J connectivity index is 3.69. The van der Waals surface area contributed by atoms with Crippen molar-refractivity contribution in [3.05, 3.63) is 0 Å². The molecule has 0 saturated heterocycles. The Kier molecular flexibility index (Phi) is 5.41. The molecule has 0 aliphatic rings. The zero-order chi connectivity index (χ0) is 10.3. The van der Waals surface area contributed by atoms with Crippen molar-refractivity contribution in [1.29, 1.82) is 0 Å². The second-order valence-corrected chi connectivity index (χ2v) is 3.74. The Morgan fingerprint density at radius 2 is 2.15 bits per heavy atom. The fraction of sp³-hybridized carbons (Fsp3) is 0.727. The Labute approximate surface area is 80.7 Å². The average molecular weight is 182 g/mol. The van der Waals surface area contributed by atoms with Gasteiger partial charge in [0.15, 0.2) is 0 Å². The highest BCUT2D eigenvalue weighted by atomic mass is 16.5. The van der Waals surface area contributed by atoms with Crippen molar-refractivity contribution in [1.82, 2.24) is 0 Å². The number of rotatable bonds is 6. The highest BCUT2D eigenvalue weighted by Crippen LogP contribution is 2.15. The van der Waals surface area contributed by atoms with Crippen LogP contribution in [0.5, 0.6) is 0 Å². The van der Waals surface area contributed by atoms with Crippen molar-refractivity contribution in [2.45, 2.75) is 45.1 Å². The molecule has 74 valence electrons. The van der Waals surface area contributed by atoms with E-state index in [9.17, 15) is 4.79 Å². The van der Waals surface area contributed by atoms with E-state index in [-0.39, 0.29) is 11.4 Å². The van der Waals surface area contributed by atoms with Crippen LogP contribution in [0, 0.1) is 12.3 Å². The summed E-state index contributed by atoms with van der Waals surface area (Å²) in [5, 5.41) is 0. The Morgan fingerprint density at radius 3 is 2.62 bits per heavy atom. The number of Topliss-reactive ketones (excluding diaryl/α,β-unsaturated/α-hetero) is 1. The molecule has 0 heterocycles. The fourth-order valence-electron chi connectivity index (χ4n) is 1.02. The summed E-state index contributed by atoms with van der Waals surface area (Å²) in [4.78, 5) is 11.3. The summed E-state index contributed by atoms with van der Waals surface area (Å²) < 4.78 is 5.15. The van der Waals surface area contributed by atoms with Gasteiger partial charge in [0.05, 0.1) is 5.60 Å². The van der Waals surface area contributed by atoms with E-state index in [1.165, 1.54) is 0 Å². The molecule has 0 fully saturated rings. The van der Waals surface area contributed by atoms with Crippen molar-refractivity contribution in [3.63, 3.8) is 0 Å². The summed E-state index contributed by atoms with van der Waals surface area (Å²) in [6.07, 6.45) is 7.58. The molecule has 0 saturated carbocycles. The predicted molar refractivity (Wildman–Crippen MR) is 53.4 cm³/mol. The van der Waals surface area contributed by atoms with E-state index in [4.69, 9.17) is 11.2 Å². The molecule has 2 heteroatoms. The Bertz CT molecular complexity index is 199. The van der Waals surface area contributed by atoms with Gasteiger partial charge >= 0.3 is 0 Å². The molecule has 0 aromatic heterocycles. The number of ether oxygens (including phenoxy) is 1. The van der Waals surface area contributed by atoms with Gasteiger partial charge in [-0.3, -0.25) is 4.79 Å². The molecule has 0 bridgehead atoms. The minimum Gasteiger partial charge on any atom is -0.378 e. The summed E-state index contributed by atoms with van der Waals surface area (Å²) >= 11 is 0. The SMILES string of the molecule is C#CCCCC(=O)CC(C)(C)OC. The van der Waals surface area contributed by atoms with Crippen LogP contribution in [0.4, 0.5) is 0 Å². The standard InChI is InChI=1S/C11H18O2/c1-5-6-7-8-10(12)9-11(2,3)13-4/h1H,6-9H2,2-4H3. The zero-order valence-electron chi connectivity index (χ0n) is 8.72. The highest BCUT2D eigenvalue weighted by molar-refractivity contribution is 5.79. The lowest BCUT2D eigenvalue weighted by Crippen LogP contribution is -2.26. The maximum absolute atomic E-state index is 11.3. The number of carbonyl (C=O) groups excluding carboxylic acids is 1. The van der Waals surface area contributed by atoms with E-state index in [0.29, 0.717) is 19.3 Å². The number of carbonyl (C=O) groups is 1. The Morgan fingerprint density at radius 1 is 1.54 bits per heavy atom. The molecule has 0 spiro atoms. The second kappa shape index (κ2) is 5.77. The molecule has 2 nitrogen and oxygen atoms in total. The number of methoxy groups -OCH3 is 1. The number of terminal acetylenes is 1. The minimum absolute atomic E-state index is 0.224. The van der Waals surface area contributed by atoms with Gasteiger partial charge in [-0.15, -0.1) is 12.3 Å². The van der Waals surface area contributed by atoms with E-state index in [1.807, 2.05) is 13.8 Å². The van der Waals surface area contributed by atoms with E-state index in [1.54, 1.807) is 7.11 Å². The van der Waals surface area contributed by atoms with Gasteiger partial charge < -0.3 is 4.74 Å². The quantitative estimate of drug-likeness (QED) is 0.465. The third kappa shape index (κ3) is 6.36. The lowest BCUT2D eigenvalue weighted by atomic mass is 9.99. The van der Waals surface area contributed by atoms with Crippen LogP contribution in [0.15, 0.2) is 0 Å². The molecule has 0 radical (unpaired) electrons. The van der Waals surface area contributed by atoms with Crippen LogP contribution in [0.25, 0.3) is 0 Å². The highest BCUT2D eigenvalue weighted by Gasteiger charge is 2.20. The van der Waals surface area contributed by atoms with Crippen LogP contribution in [-0.4, -0.2) is 18.5 Å². The van der Waals surface area contributed by atoms with Crippen LogP contribution < -0.4 is 0 Å². The summed E-state index contributed by atoms with van der Waals surface area (Å²) in [7, 11) is 1.62. The topological polar surface area (TPSA) is 26.3 Å². The van der Waals surface area contributed by atoms with E-state index < -0.39 is 0 Å². The molecular weight excluding hydrogens is 164 g/mol. The maximum Gasteiger partial charge on any atom is 0.135 e. The van der Waals surface area contributed by atoms with Crippen molar-refractivity contribution in [2.75, 3.05) is 7.11 Å². The van der Waals surface area contributed by atoms with Crippen LogP contribution >= 0.6 is 0 Å². The van der Waals surface area contributed by atoms with E-state index in [0.717, 1.165) is 6.42 Å². The first kappa shape index (κ1) is 12.2. The molecule has 0 aliphatic carbocycles. The summed E-state index contributed by atoms with van der Waals surface area (Å²) in [5.74, 6) is 2.74. The molecular formula is C11H18O2. The first-order valence-electron chi connectivity index (χ1n) is 4.52. The van der Waals surface area contributed by atoms with Gasteiger partial charge in [0.1, 0.15) is 5.78 Å². The molecule has 0 aliphatic heterocycles. The number of hydrogen-bond acceptors (Lipinski definition) is 2. The maximum atomic E-state index is 11.3. The van der Waals surface area contributed by atoms with Crippen molar-refractivity contribution < 1.29 is 9.53 Å². The van der Waals surface area contributed by atoms with Crippen LogP contribution in [-0.2, 0) is 9.53 Å². The smallest absolute Gasteiger partial charge is 0.135 e. The lowest BCUT2D eigenvalue weighted by Gasteiger charge is -2.21. The van der Waals surface area contributed by atoms with Gasteiger partial charge in [0, 0.05) is 26.4 Å². The summed E-state index contributed by atoms with van der Waals surface area (Å²) in [6.45, 7) is 3.82. The van der Waals surface area contributed by atoms with Crippen molar-refractivity contribution in [2.24, 2.45) is 0 Å². The first-order chi connectivity index (χ1) is 6.02. The van der Waals surface area contributed by atoms with Gasteiger partial charge in [0.25, 0.3) is 0 Å². The molecule has 0 atom stereocenters. The fourth-order valence-corrected chi connectivity index (χ4v) is 1.02. The lowest BCUT2D eigenvalue weighted by molar-refractivity contribution is -0.124. The van der Waals surface area contributed by atoms with Crippen LogP contribution in [0.1, 0.15) is 39.5 Å². The summed E-state index contributed by atoms with van der Waals surface area (Å²) in [6, 6.07) is 0. The van der Waals surface area contributed by atoms with Crippen LogP contribution in [0.2, 0.25) is 0 Å². The van der Waals surface area contributed by atoms with Gasteiger partial charge in [-0.1, -0.05) is 0 Å². The largest absolute Gasteiger partial charge is 0.378 e. The van der Waals surface area contributed by atoms with Crippen LogP contribution in [0.3, 0.4) is 0 Å². The van der Waals surface area contributed by atoms with E-state index in [2.05, 4.69) is 5.92 Å². The van der Waals surface area contributed by atoms with Gasteiger partial charge in [0.2, 0.25) is 0 Å². The third-order valence-corrected chi connectivity index (χ3v) is 1.95. The zero-order valence-corrected chi connectivity index (χ0v) is 8.72. The number of hydrogen-bond donors (Lipinski definition) is 0. The number of unbranched alkanes of at least 4 members (excludes halogenated alkanes) is 1. The van der Waals surface area contributed by atoms with Gasteiger partial charge in [-0.05, 0) is 20.3 Å². The normalized spacial score (nSPS) is 10.9. The second-order valence-electron chi connectivity index (χ2n) is 3.74. The molecule has 0 aromatic carbocycles. The van der Waals surface area contributed by atoms with Crippen molar-refractivity contribution >= 4 is 5.78 Å². The molecule has 0 unspecified atom stereocenters. The molecule has 0 amide bonds. The van der Waals surface area contributed by atoms with Crippen molar-refractivity contribution in [3.8, 4) is 12.3 Å². The summed E-state index contributed by atoms with van der Waals surface area (Å²) in [5.41, 5.74) is -0.340. The Hall–Kier alpha value is -0.810. The van der Waals surface area contributed by atoms with Gasteiger partial charge in [-0.2, -0.15) is 0 Å². The molecule has 0 N–H and O–H groups in total. The van der Waals surface area contributed by atoms with E-state index >= 15 is 0 Å². The predicted octanol–water partition coefficient (Wildman–Crippen LogP) is 2.17. The third-order valence-electron chi connectivity index (χ3n) is 1.95. The monoisotopic (exact) mass is 182 g/mol. The number of ketones is 1.